The summed E-state index contributed by atoms with van der Waals surface area (Å²) in [5.74, 6) is 2.14. The van der Waals surface area contributed by atoms with Crippen LogP contribution in [0.25, 0.3) is 0 Å². The number of nitrogens with one attached hydrogen (secondary N) is 1. The molecule has 106 valence electrons. The molecular formula is C16H25NOS. The number of carbonyl (C=O) groups excluding carboxylic acids is 1. The summed E-state index contributed by atoms with van der Waals surface area (Å²) in [6.07, 6.45) is 2.36. The van der Waals surface area contributed by atoms with Crippen LogP contribution < -0.4 is 5.32 Å². The number of anilines is 1. The number of amides is 1. The van der Waals surface area contributed by atoms with E-state index in [-0.39, 0.29) is 5.91 Å². The van der Waals surface area contributed by atoms with Crippen molar-refractivity contribution in [2.45, 2.75) is 46.5 Å². The predicted molar refractivity (Wildman–Crippen MR) is 86.1 cm³/mol. The Bertz CT molecular complexity index is 415. The number of thioether (sulfide) groups is 1. The fraction of sp³-hybridized carbons (Fsp3) is 0.562. The largest absolute Gasteiger partial charge is 0.325 e. The highest BCUT2D eigenvalue weighted by Crippen LogP contribution is 2.27. The molecule has 1 N–H and O–H groups in total. The third-order valence-electron chi connectivity index (χ3n) is 3.07. The Morgan fingerprint density at radius 1 is 1.37 bits per heavy atom. The number of benzene rings is 1. The maximum atomic E-state index is 12.0. The zero-order valence-electron chi connectivity index (χ0n) is 12.5. The highest BCUT2D eigenvalue weighted by Gasteiger charge is 2.11. The number of para-hydroxylation sites is 1. The summed E-state index contributed by atoms with van der Waals surface area (Å²) in [5.41, 5.74) is 3.35. The van der Waals surface area contributed by atoms with Gasteiger partial charge in [-0.05, 0) is 36.1 Å². The average molecular weight is 279 g/mol. The number of hydrogen-bond donors (Lipinski definition) is 1. The van der Waals surface area contributed by atoms with Crippen molar-refractivity contribution >= 4 is 23.4 Å². The molecule has 0 fully saturated rings. The van der Waals surface area contributed by atoms with Crippen molar-refractivity contribution in [3.63, 3.8) is 0 Å². The van der Waals surface area contributed by atoms with E-state index in [1.807, 2.05) is 13.0 Å². The maximum Gasteiger partial charge on any atom is 0.234 e. The molecule has 1 rings (SSSR count). The first-order chi connectivity index (χ1) is 9.06. The van der Waals surface area contributed by atoms with Crippen LogP contribution in [0.4, 0.5) is 5.69 Å². The van der Waals surface area contributed by atoms with Gasteiger partial charge in [-0.25, -0.2) is 0 Å². The van der Waals surface area contributed by atoms with E-state index in [9.17, 15) is 4.79 Å². The summed E-state index contributed by atoms with van der Waals surface area (Å²) in [6.45, 7) is 8.52. The molecular weight excluding hydrogens is 254 g/mol. The van der Waals surface area contributed by atoms with Crippen LogP contribution in [0.2, 0.25) is 0 Å². The van der Waals surface area contributed by atoms with Crippen LogP contribution in [-0.4, -0.2) is 17.4 Å². The summed E-state index contributed by atoms with van der Waals surface area (Å²) < 4.78 is 0. The summed E-state index contributed by atoms with van der Waals surface area (Å²) in [4.78, 5) is 12.0. The summed E-state index contributed by atoms with van der Waals surface area (Å²) in [7, 11) is 0. The molecule has 0 aromatic heterocycles. The van der Waals surface area contributed by atoms with Gasteiger partial charge in [0.2, 0.25) is 5.91 Å². The van der Waals surface area contributed by atoms with Crippen molar-refractivity contribution in [1.82, 2.24) is 0 Å². The van der Waals surface area contributed by atoms with Gasteiger partial charge in [0.25, 0.3) is 0 Å². The Balaban J connectivity index is 2.63. The van der Waals surface area contributed by atoms with E-state index >= 15 is 0 Å². The van der Waals surface area contributed by atoms with Crippen LogP contribution in [0.15, 0.2) is 18.2 Å². The third kappa shape index (κ3) is 5.27. The van der Waals surface area contributed by atoms with Gasteiger partial charge in [-0.1, -0.05) is 45.4 Å². The summed E-state index contributed by atoms with van der Waals surface area (Å²) in [6, 6.07) is 6.19. The van der Waals surface area contributed by atoms with Crippen LogP contribution in [0.5, 0.6) is 0 Å². The van der Waals surface area contributed by atoms with Crippen LogP contribution in [0.1, 0.15) is 50.7 Å². The molecule has 0 aliphatic heterocycles. The van der Waals surface area contributed by atoms with Gasteiger partial charge in [-0.2, -0.15) is 11.8 Å². The van der Waals surface area contributed by atoms with E-state index < -0.39 is 0 Å². The molecule has 1 aromatic carbocycles. The van der Waals surface area contributed by atoms with E-state index in [1.54, 1.807) is 11.8 Å². The van der Waals surface area contributed by atoms with Crippen molar-refractivity contribution in [3.8, 4) is 0 Å². The van der Waals surface area contributed by atoms with Gasteiger partial charge in [-0.15, -0.1) is 0 Å². The van der Waals surface area contributed by atoms with E-state index in [1.165, 1.54) is 18.4 Å². The Morgan fingerprint density at radius 2 is 2.11 bits per heavy atom. The van der Waals surface area contributed by atoms with Gasteiger partial charge in [0.1, 0.15) is 0 Å². The second-order valence-electron chi connectivity index (χ2n) is 5.15. The Labute approximate surface area is 121 Å². The van der Waals surface area contributed by atoms with Crippen molar-refractivity contribution in [1.29, 1.82) is 0 Å². The van der Waals surface area contributed by atoms with Gasteiger partial charge in [0, 0.05) is 5.69 Å². The fourth-order valence-electron chi connectivity index (χ4n) is 1.93. The summed E-state index contributed by atoms with van der Waals surface area (Å²) >= 11 is 1.71. The van der Waals surface area contributed by atoms with Gasteiger partial charge in [-0.3, -0.25) is 4.79 Å². The molecule has 2 nitrogen and oxygen atoms in total. The van der Waals surface area contributed by atoms with Crippen LogP contribution >= 0.6 is 11.8 Å². The van der Waals surface area contributed by atoms with Gasteiger partial charge in [0.05, 0.1) is 5.75 Å². The molecule has 0 saturated carbocycles. The monoisotopic (exact) mass is 279 g/mol. The first kappa shape index (κ1) is 16.1. The molecule has 1 amide bonds. The number of unbranched alkanes of at least 4 members (excludes halogenated alkanes) is 1. The molecule has 0 heterocycles. The molecule has 0 aliphatic rings. The van der Waals surface area contributed by atoms with Crippen molar-refractivity contribution < 1.29 is 4.79 Å². The van der Waals surface area contributed by atoms with Crippen molar-refractivity contribution in [3.05, 3.63) is 29.3 Å². The predicted octanol–water partition coefficient (Wildman–Crippen LogP) is 4.59. The molecule has 0 radical (unpaired) electrons. The van der Waals surface area contributed by atoms with Crippen LogP contribution in [0.3, 0.4) is 0 Å². The first-order valence-electron chi connectivity index (χ1n) is 7.03. The topological polar surface area (TPSA) is 29.1 Å². The van der Waals surface area contributed by atoms with Crippen molar-refractivity contribution in [2.75, 3.05) is 16.8 Å². The minimum absolute atomic E-state index is 0.109. The molecule has 0 atom stereocenters. The van der Waals surface area contributed by atoms with E-state index in [4.69, 9.17) is 0 Å². The quantitative estimate of drug-likeness (QED) is 0.740. The lowest BCUT2D eigenvalue weighted by atomic mass is 9.98. The molecule has 1 aromatic rings. The molecule has 0 saturated heterocycles. The van der Waals surface area contributed by atoms with Gasteiger partial charge < -0.3 is 5.32 Å². The maximum absolute atomic E-state index is 12.0. The number of hydrogen-bond acceptors (Lipinski definition) is 2. The van der Waals surface area contributed by atoms with E-state index in [0.717, 1.165) is 17.0 Å². The average Bonchev–Trinajstić information content (AvgIpc) is 2.37. The lowest BCUT2D eigenvalue weighted by molar-refractivity contribution is -0.113. The standard InChI is InChI=1S/C16H25NOS/c1-5-6-10-19-11-15(18)17-16-13(4)8-7-9-14(16)12(2)3/h7-9,12H,5-6,10-11H2,1-4H3,(H,17,18). The lowest BCUT2D eigenvalue weighted by Crippen LogP contribution is -2.17. The fourth-order valence-corrected chi connectivity index (χ4v) is 2.82. The van der Waals surface area contributed by atoms with Crippen molar-refractivity contribution in [2.24, 2.45) is 0 Å². The molecule has 0 unspecified atom stereocenters. The molecule has 3 heteroatoms. The zero-order chi connectivity index (χ0) is 14.3. The van der Waals surface area contributed by atoms with Gasteiger partial charge in [0.15, 0.2) is 0 Å². The Morgan fingerprint density at radius 3 is 2.74 bits per heavy atom. The second-order valence-corrected chi connectivity index (χ2v) is 6.25. The van der Waals surface area contributed by atoms with E-state index in [2.05, 4.69) is 38.2 Å². The molecule has 0 bridgehead atoms. The number of aryl methyl sites for hydroxylation is 1. The Kier molecular flexibility index (Phi) is 7.00. The highest BCUT2D eigenvalue weighted by atomic mass is 32.2. The van der Waals surface area contributed by atoms with Gasteiger partial charge >= 0.3 is 0 Å². The number of carbonyl (C=O) groups is 1. The van der Waals surface area contributed by atoms with Crippen LogP contribution in [0, 0.1) is 6.92 Å². The minimum Gasteiger partial charge on any atom is -0.325 e. The smallest absolute Gasteiger partial charge is 0.234 e. The number of rotatable bonds is 7. The SMILES string of the molecule is CCCCSCC(=O)Nc1c(C)cccc1C(C)C. The normalized spacial score (nSPS) is 10.8. The van der Waals surface area contributed by atoms with E-state index in [0.29, 0.717) is 11.7 Å². The summed E-state index contributed by atoms with van der Waals surface area (Å²) in [5, 5.41) is 3.08. The Hall–Kier alpha value is -0.960. The zero-order valence-corrected chi connectivity index (χ0v) is 13.3. The molecule has 0 spiro atoms. The highest BCUT2D eigenvalue weighted by molar-refractivity contribution is 7.99. The second kappa shape index (κ2) is 8.26. The minimum atomic E-state index is 0.109. The van der Waals surface area contributed by atoms with Crippen LogP contribution in [-0.2, 0) is 4.79 Å². The third-order valence-corrected chi connectivity index (χ3v) is 4.11. The molecule has 19 heavy (non-hydrogen) atoms. The first-order valence-corrected chi connectivity index (χ1v) is 8.18. The lowest BCUT2D eigenvalue weighted by Gasteiger charge is -2.16. The molecule has 0 aliphatic carbocycles.